The van der Waals surface area contributed by atoms with Crippen LogP contribution in [0.5, 0.6) is 0 Å². The van der Waals surface area contributed by atoms with Crippen molar-refractivity contribution in [2.45, 2.75) is 30.1 Å². The van der Waals surface area contributed by atoms with Crippen molar-refractivity contribution in [2.24, 2.45) is 0 Å². The second kappa shape index (κ2) is 3.48. The van der Waals surface area contributed by atoms with E-state index in [1.54, 1.807) is 17.0 Å². The molecule has 3 rings (SSSR count). The van der Waals surface area contributed by atoms with Gasteiger partial charge in [0.2, 0.25) is 5.91 Å². The minimum atomic E-state index is -3.72. The van der Waals surface area contributed by atoms with Gasteiger partial charge in [-0.05, 0) is 36.6 Å². The maximum Gasteiger partial charge on any atom is 0.261 e. The number of fused-ring (bicyclic) bond motifs is 2. The summed E-state index contributed by atoms with van der Waals surface area (Å²) < 4.78 is 22.7. The first-order valence-electron chi connectivity index (χ1n) is 5.71. The third-order valence-electron chi connectivity index (χ3n) is 3.81. The monoisotopic (exact) mass is 285 g/mol. The molecular formula is C12H12ClNO3S. The van der Waals surface area contributed by atoms with Crippen LogP contribution in [0, 0.1) is 0 Å². The summed E-state index contributed by atoms with van der Waals surface area (Å²) in [5.74, 6) is -0.0125. The highest BCUT2D eigenvalue weighted by Gasteiger charge is 2.52. The molecule has 96 valence electrons. The molecular weight excluding hydrogens is 274 g/mol. The summed E-state index contributed by atoms with van der Waals surface area (Å²) >= 11 is 0. The van der Waals surface area contributed by atoms with Crippen LogP contribution in [0.25, 0.3) is 0 Å². The topological polar surface area (TPSA) is 54.5 Å². The van der Waals surface area contributed by atoms with Crippen molar-refractivity contribution in [3.05, 3.63) is 23.8 Å². The van der Waals surface area contributed by atoms with E-state index in [9.17, 15) is 13.2 Å². The standard InChI is InChI=1S/C12H12ClNO3S/c1-8(15)14-7-12(4-5-12)10-6-9(18(13,16)17)2-3-11(10)14/h2-3,6H,4-5,7H2,1H3. The van der Waals surface area contributed by atoms with Crippen LogP contribution in [0.2, 0.25) is 0 Å². The van der Waals surface area contributed by atoms with Crippen LogP contribution in [0.15, 0.2) is 23.1 Å². The van der Waals surface area contributed by atoms with E-state index < -0.39 is 9.05 Å². The Hall–Kier alpha value is -1.07. The van der Waals surface area contributed by atoms with Crippen molar-refractivity contribution >= 4 is 31.3 Å². The molecule has 1 aromatic rings. The number of carbonyl (C=O) groups excluding carboxylic acids is 1. The molecule has 1 fully saturated rings. The Morgan fingerprint density at radius 1 is 1.39 bits per heavy atom. The van der Waals surface area contributed by atoms with Gasteiger partial charge in [0.15, 0.2) is 0 Å². The average molecular weight is 286 g/mol. The molecule has 1 aliphatic heterocycles. The molecule has 0 bridgehead atoms. The summed E-state index contributed by atoms with van der Waals surface area (Å²) in [6.07, 6.45) is 1.99. The van der Waals surface area contributed by atoms with Crippen molar-refractivity contribution in [2.75, 3.05) is 11.4 Å². The van der Waals surface area contributed by atoms with Crippen LogP contribution < -0.4 is 4.90 Å². The van der Waals surface area contributed by atoms with Gasteiger partial charge < -0.3 is 4.90 Å². The van der Waals surface area contributed by atoms with Crippen LogP contribution in [-0.4, -0.2) is 20.9 Å². The van der Waals surface area contributed by atoms with Crippen molar-refractivity contribution in [3.8, 4) is 0 Å². The number of nitrogens with zero attached hydrogens (tertiary/aromatic N) is 1. The molecule has 6 heteroatoms. The van der Waals surface area contributed by atoms with Crippen LogP contribution in [0.1, 0.15) is 25.3 Å². The third-order valence-corrected chi connectivity index (χ3v) is 5.16. The first kappa shape index (κ1) is 12.0. The van der Waals surface area contributed by atoms with Gasteiger partial charge in [-0.25, -0.2) is 8.42 Å². The highest BCUT2D eigenvalue weighted by Crippen LogP contribution is 2.56. The molecule has 1 amide bonds. The van der Waals surface area contributed by atoms with Crippen molar-refractivity contribution in [3.63, 3.8) is 0 Å². The van der Waals surface area contributed by atoms with E-state index >= 15 is 0 Å². The van der Waals surface area contributed by atoms with E-state index in [0.29, 0.717) is 6.54 Å². The first-order chi connectivity index (χ1) is 8.33. The first-order valence-corrected chi connectivity index (χ1v) is 8.02. The highest BCUT2D eigenvalue weighted by molar-refractivity contribution is 8.13. The van der Waals surface area contributed by atoms with Gasteiger partial charge in [-0.3, -0.25) is 4.79 Å². The molecule has 2 aliphatic rings. The molecule has 0 aromatic heterocycles. The summed E-state index contributed by atoms with van der Waals surface area (Å²) in [7, 11) is 1.65. The number of rotatable bonds is 1. The van der Waals surface area contributed by atoms with E-state index in [-0.39, 0.29) is 16.2 Å². The largest absolute Gasteiger partial charge is 0.311 e. The van der Waals surface area contributed by atoms with E-state index in [4.69, 9.17) is 10.7 Å². The van der Waals surface area contributed by atoms with Crippen molar-refractivity contribution in [1.82, 2.24) is 0 Å². The second-order valence-electron chi connectivity index (χ2n) is 5.00. The van der Waals surface area contributed by atoms with Gasteiger partial charge in [-0.15, -0.1) is 0 Å². The van der Waals surface area contributed by atoms with Crippen molar-refractivity contribution < 1.29 is 13.2 Å². The van der Waals surface area contributed by atoms with Crippen LogP contribution in [0.4, 0.5) is 5.69 Å². The smallest absolute Gasteiger partial charge is 0.261 e. The lowest BCUT2D eigenvalue weighted by atomic mass is 9.99. The molecule has 0 atom stereocenters. The second-order valence-corrected chi connectivity index (χ2v) is 7.57. The SMILES string of the molecule is CC(=O)N1CC2(CC2)c2cc(S(=O)(=O)Cl)ccc21. The number of anilines is 1. The molecule has 0 radical (unpaired) electrons. The third kappa shape index (κ3) is 1.65. The zero-order valence-electron chi connectivity index (χ0n) is 9.81. The van der Waals surface area contributed by atoms with Crippen LogP contribution in [0.3, 0.4) is 0 Å². The van der Waals surface area contributed by atoms with E-state index in [1.807, 2.05) is 0 Å². The summed E-state index contributed by atoms with van der Waals surface area (Å²) in [4.78, 5) is 13.4. The van der Waals surface area contributed by atoms with Gasteiger partial charge >= 0.3 is 0 Å². The molecule has 1 aromatic carbocycles. The Labute approximate surface area is 110 Å². The number of hydrogen-bond acceptors (Lipinski definition) is 3. The van der Waals surface area contributed by atoms with E-state index in [2.05, 4.69) is 0 Å². The zero-order chi connectivity index (χ0) is 13.1. The van der Waals surface area contributed by atoms with Gasteiger partial charge in [0, 0.05) is 35.3 Å². The molecule has 18 heavy (non-hydrogen) atoms. The Bertz CT molecular complexity index is 649. The number of benzene rings is 1. The summed E-state index contributed by atoms with van der Waals surface area (Å²) in [5.41, 5.74) is 1.74. The normalized spacial score (nSPS) is 20.0. The van der Waals surface area contributed by atoms with Gasteiger partial charge in [-0.1, -0.05) is 0 Å². The Morgan fingerprint density at radius 3 is 2.56 bits per heavy atom. The van der Waals surface area contributed by atoms with Gasteiger partial charge in [0.05, 0.1) is 4.90 Å². The lowest BCUT2D eigenvalue weighted by Crippen LogP contribution is -2.28. The Balaban J connectivity index is 2.17. The molecule has 1 spiro atoms. The van der Waals surface area contributed by atoms with Crippen molar-refractivity contribution in [1.29, 1.82) is 0 Å². The molecule has 0 unspecified atom stereocenters. The van der Waals surface area contributed by atoms with Crippen LogP contribution >= 0.6 is 10.7 Å². The number of hydrogen-bond donors (Lipinski definition) is 0. The molecule has 0 saturated heterocycles. The quantitative estimate of drug-likeness (QED) is 0.742. The number of carbonyl (C=O) groups is 1. The molecule has 1 saturated carbocycles. The molecule has 1 heterocycles. The lowest BCUT2D eigenvalue weighted by Gasteiger charge is -2.14. The highest BCUT2D eigenvalue weighted by atomic mass is 35.7. The van der Waals surface area contributed by atoms with Gasteiger partial charge in [0.25, 0.3) is 9.05 Å². The average Bonchev–Trinajstić information content (AvgIpc) is 2.96. The van der Waals surface area contributed by atoms with E-state index in [0.717, 1.165) is 24.1 Å². The van der Waals surface area contributed by atoms with Crippen LogP contribution in [-0.2, 0) is 19.3 Å². The van der Waals surface area contributed by atoms with Gasteiger partial charge in [0.1, 0.15) is 0 Å². The molecule has 0 N–H and O–H groups in total. The number of halogens is 1. The summed E-state index contributed by atoms with van der Waals surface area (Å²) in [5, 5.41) is 0. The van der Waals surface area contributed by atoms with E-state index in [1.165, 1.54) is 13.0 Å². The maximum atomic E-state index is 11.6. The maximum absolute atomic E-state index is 11.6. The Morgan fingerprint density at radius 2 is 2.06 bits per heavy atom. The Kier molecular flexibility index (Phi) is 2.32. The predicted molar refractivity (Wildman–Crippen MR) is 68.4 cm³/mol. The number of amides is 1. The zero-order valence-corrected chi connectivity index (χ0v) is 11.4. The summed E-state index contributed by atoms with van der Waals surface area (Å²) in [6.45, 7) is 2.18. The molecule has 1 aliphatic carbocycles. The lowest BCUT2D eigenvalue weighted by molar-refractivity contribution is -0.116. The minimum absolute atomic E-state index is 0.0125. The molecule has 4 nitrogen and oxygen atoms in total. The minimum Gasteiger partial charge on any atom is -0.311 e. The fourth-order valence-corrected chi connectivity index (χ4v) is 3.44. The van der Waals surface area contributed by atoms with Gasteiger partial charge in [-0.2, -0.15) is 0 Å². The summed E-state index contributed by atoms with van der Waals surface area (Å²) in [6, 6.07) is 4.76. The fraction of sp³-hybridized carbons (Fsp3) is 0.417. The fourth-order valence-electron chi connectivity index (χ4n) is 2.66. The predicted octanol–water partition coefficient (Wildman–Crippen LogP) is 2.01.